The minimum atomic E-state index is 0.124. The summed E-state index contributed by atoms with van der Waals surface area (Å²) < 4.78 is 0.987. The molecule has 1 amide bonds. The molecule has 1 rings (SSSR count). The quantitative estimate of drug-likeness (QED) is 0.792. The summed E-state index contributed by atoms with van der Waals surface area (Å²) in [7, 11) is 4.06. The van der Waals surface area contributed by atoms with E-state index >= 15 is 0 Å². The number of hydrogen-bond acceptors (Lipinski definition) is 2. The zero-order chi connectivity index (χ0) is 15.3. The van der Waals surface area contributed by atoms with Gasteiger partial charge in [0.15, 0.2) is 0 Å². The maximum Gasteiger partial charge on any atom is 0.254 e. The summed E-state index contributed by atoms with van der Waals surface area (Å²) in [5.74, 6) is 0.591. The van der Waals surface area contributed by atoms with Gasteiger partial charge in [-0.1, -0.05) is 35.8 Å². The summed E-state index contributed by atoms with van der Waals surface area (Å²) in [5, 5.41) is 0. The van der Waals surface area contributed by atoms with Crippen LogP contribution in [0.1, 0.15) is 29.8 Å². The first-order valence-electron chi connectivity index (χ1n) is 7.02. The molecule has 1 aromatic carbocycles. The van der Waals surface area contributed by atoms with Crippen molar-refractivity contribution in [3.63, 3.8) is 0 Å². The Morgan fingerprint density at radius 1 is 1.25 bits per heavy atom. The predicted molar refractivity (Wildman–Crippen MR) is 88.2 cm³/mol. The third-order valence-corrected chi connectivity index (χ3v) is 4.05. The fourth-order valence-electron chi connectivity index (χ4n) is 2.05. The van der Waals surface area contributed by atoms with Gasteiger partial charge >= 0.3 is 0 Å². The zero-order valence-electron chi connectivity index (χ0n) is 13.1. The van der Waals surface area contributed by atoms with Crippen LogP contribution >= 0.6 is 15.9 Å². The maximum atomic E-state index is 12.8. The van der Waals surface area contributed by atoms with E-state index in [2.05, 4.69) is 34.7 Å². The summed E-state index contributed by atoms with van der Waals surface area (Å²) in [6.07, 6.45) is 0. The first-order valence-corrected chi connectivity index (χ1v) is 7.81. The third-order valence-electron chi connectivity index (χ3n) is 3.19. The first-order chi connectivity index (χ1) is 9.32. The van der Waals surface area contributed by atoms with Crippen LogP contribution < -0.4 is 0 Å². The Balaban J connectivity index is 2.94. The van der Waals surface area contributed by atoms with Crippen molar-refractivity contribution in [1.82, 2.24) is 9.80 Å². The highest BCUT2D eigenvalue weighted by Gasteiger charge is 2.19. The lowest BCUT2D eigenvalue weighted by Crippen LogP contribution is -2.39. The molecule has 0 aromatic heterocycles. The lowest BCUT2D eigenvalue weighted by Gasteiger charge is -2.27. The lowest BCUT2D eigenvalue weighted by molar-refractivity contribution is 0.0724. The van der Waals surface area contributed by atoms with E-state index in [1.54, 1.807) is 0 Å². The molecule has 0 saturated carbocycles. The Morgan fingerprint density at radius 2 is 1.90 bits per heavy atom. The van der Waals surface area contributed by atoms with E-state index in [0.717, 1.165) is 35.2 Å². The monoisotopic (exact) mass is 340 g/mol. The van der Waals surface area contributed by atoms with Crippen LogP contribution in [0, 0.1) is 12.8 Å². The molecule has 0 atom stereocenters. The van der Waals surface area contributed by atoms with Gasteiger partial charge in [0.2, 0.25) is 0 Å². The Hall–Kier alpha value is -0.870. The topological polar surface area (TPSA) is 23.6 Å². The standard InChI is InChI=1S/C16H25BrN2O/c1-12(2)11-19(10-9-18(4)5)16(20)14-7-6-8-15(17)13(14)3/h6-8,12H,9-11H2,1-5H3. The number of carbonyl (C=O) groups is 1. The smallest absolute Gasteiger partial charge is 0.254 e. The number of halogens is 1. The van der Waals surface area contributed by atoms with Gasteiger partial charge in [0.25, 0.3) is 5.91 Å². The lowest BCUT2D eigenvalue weighted by atomic mass is 10.1. The van der Waals surface area contributed by atoms with Gasteiger partial charge in [-0.15, -0.1) is 0 Å². The second kappa shape index (κ2) is 7.79. The molecule has 1 aromatic rings. The van der Waals surface area contributed by atoms with Crippen LogP contribution in [0.5, 0.6) is 0 Å². The van der Waals surface area contributed by atoms with Crippen molar-refractivity contribution < 1.29 is 4.79 Å². The molecule has 3 nitrogen and oxygen atoms in total. The molecule has 0 saturated heterocycles. The fraction of sp³-hybridized carbons (Fsp3) is 0.562. The minimum absolute atomic E-state index is 0.124. The summed E-state index contributed by atoms with van der Waals surface area (Å²) >= 11 is 3.50. The number of likely N-dealkylation sites (N-methyl/N-ethyl adjacent to an activating group) is 1. The van der Waals surface area contributed by atoms with Crippen molar-refractivity contribution >= 4 is 21.8 Å². The molecule has 0 heterocycles. The average Bonchev–Trinajstić information content (AvgIpc) is 2.36. The molecule has 0 radical (unpaired) electrons. The summed E-state index contributed by atoms with van der Waals surface area (Å²) in [6.45, 7) is 8.70. The Labute approximate surface area is 131 Å². The van der Waals surface area contributed by atoms with Crippen LogP contribution in [0.25, 0.3) is 0 Å². The number of hydrogen-bond donors (Lipinski definition) is 0. The van der Waals surface area contributed by atoms with Gasteiger partial charge in [-0.25, -0.2) is 0 Å². The molecule has 0 bridgehead atoms. The summed E-state index contributed by atoms with van der Waals surface area (Å²) in [4.78, 5) is 16.8. The molecule has 20 heavy (non-hydrogen) atoms. The highest BCUT2D eigenvalue weighted by atomic mass is 79.9. The number of carbonyl (C=O) groups excluding carboxylic acids is 1. The summed E-state index contributed by atoms with van der Waals surface area (Å²) in [5.41, 5.74) is 1.80. The van der Waals surface area contributed by atoms with Gasteiger partial charge < -0.3 is 9.80 Å². The van der Waals surface area contributed by atoms with Crippen LogP contribution in [0.4, 0.5) is 0 Å². The molecule has 0 aliphatic rings. The van der Waals surface area contributed by atoms with Crippen LogP contribution in [-0.4, -0.2) is 49.4 Å². The van der Waals surface area contributed by atoms with Gasteiger partial charge in [-0.3, -0.25) is 4.79 Å². The molecule has 4 heteroatoms. The normalized spacial score (nSPS) is 11.2. The second-order valence-corrected chi connectivity index (χ2v) is 6.72. The molecule has 0 aliphatic heterocycles. The summed E-state index contributed by atoms with van der Waals surface area (Å²) in [6, 6.07) is 5.80. The Bertz CT molecular complexity index is 458. The zero-order valence-corrected chi connectivity index (χ0v) is 14.7. The SMILES string of the molecule is Cc1c(Br)cccc1C(=O)N(CCN(C)C)CC(C)C. The van der Waals surface area contributed by atoms with Crippen molar-refractivity contribution in [3.05, 3.63) is 33.8 Å². The van der Waals surface area contributed by atoms with Gasteiger partial charge in [-0.2, -0.15) is 0 Å². The van der Waals surface area contributed by atoms with E-state index in [0.29, 0.717) is 5.92 Å². The largest absolute Gasteiger partial charge is 0.337 e. The second-order valence-electron chi connectivity index (χ2n) is 5.86. The van der Waals surface area contributed by atoms with Gasteiger partial charge in [0.1, 0.15) is 0 Å². The van der Waals surface area contributed by atoms with Gasteiger partial charge in [-0.05, 0) is 44.6 Å². The molecule has 0 unspecified atom stereocenters. The first kappa shape index (κ1) is 17.2. The molecule has 0 spiro atoms. The van der Waals surface area contributed by atoms with Crippen LogP contribution in [-0.2, 0) is 0 Å². The molecular weight excluding hydrogens is 316 g/mol. The highest BCUT2D eigenvalue weighted by Crippen LogP contribution is 2.21. The predicted octanol–water partition coefficient (Wildman–Crippen LogP) is 3.42. The molecule has 112 valence electrons. The van der Waals surface area contributed by atoms with E-state index in [1.165, 1.54) is 0 Å². The fourth-order valence-corrected chi connectivity index (χ4v) is 2.41. The molecule has 0 fully saturated rings. The molecule has 0 aliphatic carbocycles. The van der Waals surface area contributed by atoms with E-state index in [1.807, 2.05) is 44.1 Å². The van der Waals surface area contributed by atoms with Crippen molar-refractivity contribution in [2.45, 2.75) is 20.8 Å². The Kier molecular flexibility index (Phi) is 6.69. The molecule has 0 N–H and O–H groups in total. The van der Waals surface area contributed by atoms with E-state index in [9.17, 15) is 4.79 Å². The number of rotatable bonds is 6. The van der Waals surface area contributed by atoms with E-state index in [-0.39, 0.29) is 5.91 Å². The van der Waals surface area contributed by atoms with E-state index < -0.39 is 0 Å². The van der Waals surface area contributed by atoms with Gasteiger partial charge in [0, 0.05) is 29.7 Å². The van der Waals surface area contributed by atoms with Crippen molar-refractivity contribution in [3.8, 4) is 0 Å². The van der Waals surface area contributed by atoms with Crippen LogP contribution in [0.3, 0.4) is 0 Å². The maximum absolute atomic E-state index is 12.8. The van der Waals surface area contributed by atoms with Crippen molar-refractivity contribution in [2.75, 3.05) is 33.7 Å². The Morgan fingerprint density at radius 3 is 2.45 bits per heavy atom. The highest BCUT2D eigenvalue weighted by molar-refractivity contribution is 9.10. The van der Waals surface area contributed by atoms with Crippen LogP contribution in [0.2, 0.25) is 0 Å². The third kappa shape index (κ3) is 4.91. The van der Waals surface area contributed by atoms with Crippen molar-refractivity contribution in [1.29, 1.82) is 0 Å². The van der Waals surface area contributed by atoms with Crippen molar-refractivity contribution in [2.24, 2.45) is 5.92 Å². The van der Waals surface area contributed by atoms with Crippen LogP contribution in [0.15, 0.2) is 22.7 Å². The molecular formula is C16H25BrN2O. The van der Waals surface area contributed by atoms with Gasteiger partial charge in [0.05, 0.1) is 0 Å². The number of amides is 1. The van der Waals surface area contributed by atoms with E-state index in [4.69, 9.17) is 0 Å². The average molecular weight is 341 g/mol. The number of nitrogens with zero attached hydrogens (tertiary/aromatic N) is 2. The minimum Gasteiger partial charge on any atom is -0.337 e. The number of benzene rings is 1.